The minimum atomic E-state index is -4.25. The SMILES string of the molecule is COc1cc(C(=O)c2ccc(CS(=O)(=O)N(C)C(=O)OC(C)(C)C)cc2-c2cn(C)c(=O)cc2[C@H](C)NON2C(=O)CCC2=O)ccc1C. The quantitative estimate of drug-likeness (QED) is 0.175. The van der Waals surface area contributed by atoms with Gasteiger partial charge in [0.15, 0.2) is 5.78 Å². The first-order chi connectivity index (χ1) is 22.8. The van der Waals surface area contributed by atoms with E-state index in [2.05, 4.69) is 5.48 Å². The maximum Gasteiger partial charge on any atom is 0.423 e. The lowest BCUT2D eigenvalue weighted by Gasteiger charge is -2.24. The molecule has 1 atom stereocenters. The number of rotatable bonds is 11. The molecule has 4 rings (SSSR count). The molecule has 0 saturated carbocycles. The van der Waals surface area contributed by atoms with Gasteiger partial charge in [0.2, 0.25) is 10.0 Å². The normalized spacial score (nSPS) is 14.2. The van der Waals surface area contributed by atoms with Crippen molar-refractivity contribution in [2.24, 2.45) is 7.05 Å². The molecule has 3 aromatic rings. The summed E-state index contributed by atoms with van der Waals surface area (Å²) in [5, 5.41) is 0.615. The average Bonchev–Trinajstić information content (AvgIpc) is 3.35. The summed E-state index contributed by atoms with van der Waals surface area (Å²) in [6.45, 7) is 8.30. The summed E-state index contributed by atoms with van der Waals surface area (Å²) in [4.78, 5) is 69.2. The summed E-state index contributed by atoms with van der Waals surface area (Å²) in [5.41, 5.74) is 3.75. The monoisotopic (exact) mass is 696 g/mol. The summed E-state index contributed by atoms with van der Waals surface area (Å²) in [7, 11) is -0.150. The van der Waals surface area contributed by atoms with Crippen LogP contribution in [0.3, 0.4) is 0 Å². The number of ether oxygens (including phenoxy) is 2. The second-order valence-corrected chi connectivity index (χ2v) is 14.7. The van der Waals surface area contributed by atoms with Crippen LogP contribution in [0.25, 0.3) is 11.1 Å². The fourth-order valence-electron chi connectivity index (χ4n) is 5.05. The van der Waals surface area contributed by atoms with Crippen LogP contribution < -0.4 is 15.8 Å². The van der Waals surface area contributed by atoms with E-state index in [9.17, 15) is 32.4 Å². The van der Waals surface area contributed by atoms with E-state index in [0.29, 0.717) is 31.8 Å². The third-order valence-corrected chi connectivity index (χ3v) is 9.44. The highest BCUT2D eigenvalue weighted by atomic mass is 32.2. The maximum atomic E-state index is 14.1. The summed E-state index contributed by atoms with van der Waals surface area (Å²) in [5.74, 6) is -1.61. The fraction of sp³-hybridized carbons (Fsp3) is 0.382. The first-order valence-corrected chi connectivity index (χ1v) is 16.9. The Kier molecular flexibility index (Phi) is 10.8. The molecule has 1 fully saturated rings. The summed E-state index contributed by atoms with van der Waals surface area (Å²) in [6.07, 6.45) is 0.442. The van der Waals surface area contributed by atoms with Gasteiger partial charge in [0.25, 0.3) is 17.4 Å². The lowest BCUT2D eigenvalue weighted by molar-refractivity contribution is -0.213. The van der Waals surface area contributed by atoms with E-state index in [1.54, 1.807) is 45.9 Å². The van der Waals surface area contributed by atoms with Crippen molar-refractivity contribution >= 4 is 33.7 Å². The molecule has 0 radical (unpaired) electrons. The molecule has 1 N–H and O–H groups in total. The van der Waals surface area contributed by atoms with Crippen LogP contribution in [0.1, 0.15) is 79.2 Å². The van der Waals surface area contributed by atoms with E-state index in [1.807, 2.05) is 6.92 Å². The van der Waals surface area contributed by atoms with Crippen LogP contribution in [0.2, 0.25) is 0 Å². The number of ketones is 1. The van der Waals surface area contributed by atoms with Crippen LogP contribution in [0.15, 0.2) is 53.5 Å². The molecule has 0 spiro atoms. The maximum absolute atomic E-state index is 14.1. The number of nitrogens with one attached hydrogen (secondary N) is 1. The van der Waals surface area contributed by atoms with Crippen molar-refractivity contribution < 1.29 is 42.0 Å². The van der Waals surface area contributed by atoms with Gasteiger partial charge < -0.3 is 14.0 Å². The molecule has 0 aliphatic carbocycles. The second kappa shape index (κ2) is 14.3. The topological polar surface area (TPSA) is 171 Å². The van der Waals surface area contributed by atoms with Gasteiger partial charge in [-0.05, 0) is 69.0 Å². The Morgan fingerprint density at radius 2 is 1.65 bits per heavy atom. The van der Waals surface area contributed by atoms with Crippen LogP contribution >= 0.6 is 0 Å². The van der Waals surface area contributed by atoms with E-state index >= 15 is 0 Å². The zero-order valence-corrected chi connectivity index (χ0v) is 29.5. The molecule has 14 nitrogen and oxygen atoms in total. The molecule has 2 heterocycles. The van der Waals surface area contributed by atoms with E-state index in [-0.39, 0.29) is 29.5 Å². The predicted octanol–water partition coefficient (Wildman–Crippen LogP) is 3.94. The van der Waals surface area contributed by atoms with Gasteiger partial charge in [-0.3, -0.25) is 19.2 Å². The number of hydrogen-bond acceptors (Lipinski definition) is 11. The number of aryl methyl sites for hydroxylation is 2. The van der Waals surface area contributed by atoms with Gasteiger partial charge in [-0.25, -0.2) is 17.5 Å². The van der Waals surface area contributed by atoms with Crippen molar-refractivity contribution in [3.63, 3.8) is 0 Å². The van der Waals surface area contributed by atoms with Crippen molar-refractivity contribution in [1.82, 2.24) is 19.4 Å². The number of amides is 3. The largest absolute Gasteiger partial charge is 0.496 e. The molecule has 1 saturated heterocycles. The first kappa shape index (κ1) is 37.0. The number of benzene rings is 2. The molecule has 0 bridgehead atoms. The van der Waals surface area contributed by atoms with Crippen LogP contribution in [-0.4, -0.2) is 65.8 Å². The van der Waals surface area contributed by atoms with Crippen molar-refractivity contribution in [1.29, 1.82) is 0 Å². The Labute approximate surface area is 284 Å². The number of nitrogens with zero attached hydrogens (tertiary/aromatic N) is 3. The van der Waals surface area contributed by atoms with Crippen LogP contribution in [0.5, 0.6) is 5.75 Å². The van der Waals surface area contributed by atoms with E-state index in [4.69, 9.17) is 14.4 Å². The molecule has 49 heavy (non-hydrogen) atoms. The van der Waals surface area contributed by atoms with Gasteiger partial charge in [-0.15, -0.1) is 5.06 Å². The van der Waals surface area contributed by atoms with Gasteiger partial charge >= 0.3 is 6.09 Å². The van der Waals surface area contributed by atoms with Gasteiger partial charge in [-0.2, -0.15) is 10.4 Å². The zero-order chi connectivity index (χ0) is 36.4. The molecular formula is C34H40N4O10S. The molecule has 0 unspecified atom stereocenters. The number of sulfonamides is 1. The summed E-state index contributed by atoms with van der Waals surface area (Å²) < 4.78 is 39.2. The fourth-order valence-corrected chi connectivity index (χ4v) is 6.11. The number of imide groups is 1. The average molecular weight is 697 g/mol. The van der Waals surface area contributed by atoms with Crippen molar-refractivity contribution in [3.8, 4) is 16.9 Å². The molecule has 1 aliphatic rings. The minimum Gasteiger partial charge on any atom is -0.496 e. The Balaban J connectivity index is 1.84. The lowest BCUT2D eigenvalue weighted by Crippen LogP contribution is -2.38. The Morgan fingerprint density at radius 1 is 1.00 bits per heavy atom. The molecule has 15 heteroatoms. The number of carbonyl (C=O) groups is 4. The standard InChI is InChI=1S/C34H40N4O10S/c1-20-9-11-23(16-28(20)46-8)32(42)24-12-10-22(19-49(44,45)37(7)33(43)47-34(3,4)5)15-26(24)27-18-36(6)31(41)17-25(27)21(2)35-48-38-29(39)13-14-30(38)40/h9-12,15-18,21,35H,13-14,19H2,1-8H3/t21-/m0/s1. The van der Waals surface area contributed by atoms with Crippen molar-refractivity contribution in [2.45, 2.75) is 64.9 Å². The number of carbonyl (C=O) groups excluding carboxylic acids is 4. The number of hydroxylamine groups is 3. The highest BCUT2D eigenvalue weighted by molar-refractivity contribution is 7.88. The molecule has 262 valence electrons. The van der Waals surface area contributed by atoms with E-state index < -0.39 is 56.7 Å². The summed E-state index contributed by atoms with van der Waals surface area (Å²) in [6, 6.07) is 9.92. The minimum absolute atomic E-state index is 0.000107. The third-order valence-electron chi connectivity index (χ3n) is 7.76. The molecule has 2 aromatic carbocycles. The molecule has 1 aromatic heterocycles. The van der Waals surface area contributed by atoms with Crippen LogP contribution in [0, 0.1) is 6.92 Å². The number of pyridine rings is 1. The van der Waals surface area contributed by atoms with Crippen molar-refractivity contribution in [2.75, 3.05) is 14.2 Å². The van der Waals surface area contributed by atoms with Gasteiger partial charge in [0.05, 0.1) is 18.9 Å². The van der Waals surface area contributed by atoms with Gasteiger partial charge in [-0.1, -0.05) is 24.3 Å². The molecule has 3 amide bonds. The van der Waals surface area contributed by atoms with E-state index in [0.717, 1.165) is 12.6 Å². The first-order valence-electron chi connectivity index (χ1n) is 15.3. The number of methoxy groups -OCH3 is 1. The number of hydrogen-bond donors (Lipinski definition) is 1. The van der Waals surface area contributed by atoms with Crippen molar-refractivity contribution in [3.05, 3.63) is 86.8 Å². The van der Waals surface area contributed by atoms with E-state index in [1.165, 1.54) is 49.2 Å². The summed E-state index contributed by atoms with van der Waals surface area (Å²) >= 11 is 0. The molecular weight excluding hydrogens is 656 g/mol. The smallest absolute Gasteiger partial charge is 0.423 e. The van der Waals surface area contributed by atoms with Crippen LogP contribution in [0.4, 0.5) is 4.79 Å². The van der Waals surface area contributed by atoms with Crippen LogP contribution in [-0.2, 0) is 42.1 Å². The van der Waals surface area contributed by atoms with Gasteiger partial charge in [0, 0.05) is 55.9 Å². The Bertz CT molecular complexity index is 1970. The lowest BCUT2D eigenvalue weighted by atomic mass is 9.89. The second-order valence-electron chi connectivity index (χ2n) is 12.7. The highest BCUT2D eigenvalue weighted by Gasteiger charge is 2.32. The third kappa shape index (κ3) is 8.42. The highest BCUT2D eigenvalue weighted by Crippen LogP contribution is 2.34. The Hall–Kier alpha value is -4.86. The zero-order valence-electron chi connectivity index (χ0n) is 28.6. The predicted molar refractivity (Wildman–Crippen MR) is 179 cm³/mol. The van der Waals surface area contributed by atoms with Gasteiger partial charge in [0.1, 0.15) is 11.4 Å². The Morgan fingerprint density at radius 3 is 2.27 bits per heavy atom. The molecule has 1 aliphatic heterocycles. The number of aromatic nitrogens is 1.